The van der Waals surface area contributed by atoms with Crippen LogP contribution in [0, 0.1) is 5.92 Å². The third-order valence-electron chi connectivity index (χ3n) is 4.30. The van der Waals surface area contributed by atoms with Crippen LogP contribution in [0.2, 0.25) is 0 Å². The van der Waals surface area contributed by atoms with Crippen LogP contribution in [0.4, 0.5) is 0 Å². The number of nitrogens with zero attached hydrogens (tertiary/aromatic N) is 2. The second-order valence-electron chi connectivity index (χ2n) is 6.40. The molecule has 0 radical (unpaired) electrons. The van der Waals surface area contributed by atoms with Crippen LogP contribution < -0.4 is 10.6 Å². The van der Waals surface area contributed by atoms with E-state index in [0.717, 1.165) is 19.0 Å². The number of hydrogen-bond acceptors (Lipinski definition) is 3. The maximum atomic E-state index is 4.33. The van der Waals surface area contributed by atoms with Crippen molar-refractivity contribution < 1.29 is 0 Å². The quantitative estimate of drug-likeness (QED) is 0.599. The highest BCUT2D eigenvalue weighted by molar-refractivity contribution is 7.07. The summed E-state index contributed by atoms with van der Waals surface area (Å²) in [6.45, 7) is 10.2. The number of thiophene rings is 1. The van der Waals surface area contributed by atoms with Gasteiger partial charge in [-0.1, -0.05) is 13.8 Å². The number of nitrogens with one attached hydrogen (secondary N) is 2. The van der Waals surface area contributed by atoms with Crippen LogP contribution >= 0.6 is 11.3 Å². The van der Waals surface area contributed by atoms with E-state index in [9.17, 15) is 0 Å². The largest absolute Gasteiger partial charge is 0.356 e. The Labute approximate surface area is 139 Å². The zero-order valence-corrected chi connectivity index (χ0v) is 15.0. The van der Waals surface area contributed by atoms with E-state index in [0.29, 0.717) is 11.8 Å². The zero-order valence-electron chi connectivity index (χ0n) is 14.1. The van der Waals surface area contributed by atoms with Gasteiger partial charge in [-0.05, 0) is 60.2 Å². The van der Waals surface area contributed by atoms with Gasteiger partial charge in [0.15, 0.2) is 5.96 Å². The lowest BCUT2D eigenvalue weighted by molar-refractivity contribution is 0.287. The molecule has 2 rings (SSSR count). The molecule has 2 unspecified atom stereocenters. The molecule has 1 aromatic heterocycles. The van der Waals surface area contributed by atoms with Crippen LogP contribution in [0.15, 0.2) is 21.8 Å². The Bertz CT molecular complexity index is 438. The van der Waals surface area contributed by atoms with Crippen LogP contribution in [-0.2, 0) is 0 Å². The highest BCUT2D eigenvalue weighted by Crippen LogP contribution is 2.17. The predicted octanol–water partition coefficient (Wildman–Crippen LogP) is 2.75. The van der Waals surface area contributed by atoms with Crippen LogP contribution in [0.3, 0.4) is 0 Å². The summed E-state index contributed by atoms with van der Waals surface area (Å²) in [6.07, 6.45) is 2.73. The first-order valence-electron chi connectivity index (χ1n) is 8.38. The molecular formula is C17H30N4S. The summed E-state index contributed by atoms with van der Waals surface area (Å²) in [5, 5.41) is 11.3. The topological polar surface area (TPSA) is 39.7 Å². The molecule has 2 heterocycles. The SMILES string of the molecule is CN=C(NCC(C)CN1CCCC1)NCC(C)c1ccsc1. The fourth-order valence-corrected chi connectivity index (χ4v) is 3.67. The first-order valence-corrected chi connectivity index (χ1v) is 9.32. The van der Waals surface area contributed by atoms with Gasteiger partial charge in [-0.2, -0.15) is 11.3 Å². The molecule has 0 amide bonds. The summed E-state index contributed by atoms with van der Waals surface area (Å²) in [5.41, 5.74) is 1.40. The maximum absolute atomic E-state index is 4.33. The van der Waals surface area contributed by atoms with Gasteiger partial charge in [0, 0.05) is 26.7 Å². The molecule has 124 valence electrons. The van der Waals surface area contributed by atoms with Gasteiger partial charge in [-0.15, -0.1) is 0 Å². The van der Waals surface area contributed by atoms with Gasteiger partial charge in [-0.3, -0.25) is 4.99 Å². The van der Waals surface area contributed by atoms with Gasteiger partial charge in [-0.25, -0.2) is 0 Å². The molecule has 1 aromatic rings. The monoisotopic (exact) mass is 322 g/mol. The van der Waals surface area contributed by atoms with Crippen molar-refractivity contribution in [3.05, 3.63) is 22.4 Å². The number of rotatable bonds is 7. The first kappa shape index (κ1) is 17.3. The van der Waals surface area contributed by atoms with Gasteiger partial charge < -0.3 is 15.5 Å². The zero-order chi connectivity index (χ0) is 15.8. The number of likely N-dealkylation sites (tertiary alicyclic amines) is 1. The van der Waals surface area contributed by atoms with Crippen molar-refractivity contribution in [1.82, 2.24) is 15.5 Å². The number of hydrogen-bond donors (Lipinski definition) is 2. The average molecular weight is 323 g/mol. The highest BCUT2D eigenvalue weighted by atomic mass is 32.1. The molecule has 1 aliphatic rings. The predicted molar refractivity (Wildman–Crippen MR) is 96.9 cm³/mol. The average Bonchev–Trinajstić information content (AvgIpc) is 3.20. The van der Waals surface area contributed by atoms with E-state index >= 15 is 0 Å². The summed E-state index contributed by atoms with van der Waals surface area (Å²) >= 11 is 1.76. The highest BCUT2D eigenvalue weighted by Gasteiger charge is 2.15. The molecule has 2 atom stereocenters. The van der Waals surface area contributed by atoms with E-state index < -0.39 is 0 Å². The third kappa shape index (κ3) is 5.61. The Morgan fingerprint density at radius 1 is 1.27 bits per heavy atom. The van der Waals surface area contributed by atoms with Gasteiger partial charge in [0.05, 0.1) is 0 Å². The van der Waals surface area contributed by atoms with Crippen LogP contribution in [0.25, 0.3) is 0 Å². The summed E-state index contributed by atoms with van der Waals surface area (Å²) < 4.78 is 0. The van der Waals surface area contributed by atoms with E-state index in [1.807, 2.05) is 7.05 Å². The van der Waals surface area contributed by atoms with E-state index in [2.05, 4.69) is 51.2 Å². The summed E-state index contributed by atoms with van der Waals surface area (Å²) in [5.74, 6) is 2.06. The van der Waals surface area contributed by atoms with E-state index in [4.69, 9.17) is 0 Å². The van der Waals surface area contributed by atoms with Crippen molar-refractivity contribution in [3.8, 4) is 0 Å². The van der Waals surface area contributed by atoms with Crippen molar-refractivity contribution in [1.29, 1.82) is 0 Å². The molecule has 4 nitrogen and oxygen atoms in total. The Hall–Kier alpha value is -1.07. The fourth-order valence-electron chi connectivity index (χ4n) is 2.89. The first-order chi connectivity index (χ1) is 10.7. The lowest BCUT2D eigenvalue weighted by Gasteiger charge is -2.22. The van der Waals surface area contributed by atoms with E-state index in [-0.39, 0.29) is 0 Å². The Kier molecular flexibility index (Phi) is 7.19. The van der Waals surface area contributed by atoms with Crippen LogP contribution in [0.5, 0.6) is 0 Å². The minimum Gasteiger partial charge on any atom is -0.356 e. The van der Waals surface area contributed by atoms with Crippen molar-refractivity contribution in [3.63, 3.8) is 0 Å². The van der Waals surface area contributed by atoms with E-state index in [1.54, 1.807) is 11.3 Å². The molecule has 1 aliphatic heterocycles. The second kappa shape index (κ2) is 9.16. The lowest BCUT2D eigenvalue weighted by atomic mass is 10.1. The molecule has 1 saturated heterocycles. The van der Waals surface area contributed by atoms with Gasteiger partial charge in [0.25, 0.3) is 0 Å². The van der Waals surface area contributed by atoms with Crippen LogP contribution in [0.1, 0.15) is 38.2 Å². The maximum Gasteiger partial charge on any atom is 0.191 e. The minimum atomic E-state index is 0.506. The van der Waals surface area contributed by atoms with Gasteiger partial charge in [0.1, 0.15) is 0 Å². The van der Waals surface area contributed by atoms with Crippen LogP contribution in [-0.4, -0.2) is 50.6 Å². The van der Waals surface area contributed by atoms with Gasteiger partial charge in [0.2, 0.25) is 0 Å². The molecule has 0 saturated carbocycles. The summed E-state index contributed by atoms with van der Waals surface area (Å²) in [6, 6.07) is 2.20. The molecular weight excluding hydrogens is 292 g/mol. The lowest BCUT2D eigenvalue weighted by Crippen LogP contribution is -2.42. The Morgan fingerprint density at radius 3 is 2.64 bits per heavy atom. The molecule has 0 aromatic carbocycles. The molecule has 0 spiro atoms. The number of guanidine groups is 1. The van der Waals surface area contributed by atoms with Crippen molar-refractivity contribution >= 4 is 17.3 Å². The van der Waals surface area contributed by atoms with E-state index in [1.165, 1.54) is 38.0 Å². The summed E-state index contributed by atoms with van der Waals surface area (Å²) in [7, 11) is 1.84. The Balaban J connectivity index is 1.66. The van der Waals surface area contributed by atoms with Gasteiger partial charge >= 0.3 is 0 Å². The molecule has 5 heteroatoms. The smallest absolute Gasteiger partial charge is 0.191 e. The van der Waals surface area contributed by atoms with Crippen molar-refractivity contribution in [2.45, 2.75) is 32.6 Å². The van der Waals surface area contributed by atoms with Crippen molar-refractivity contribution in [2.75, 3.05) is 39.8 Å². The van der Waals surface area contributed by atoms with Crippen molar-refractivity contribution in [2.24, 2.45) is 10.9 Å². The fraction of sp³-hybridized carbons (Fsp3) is 0.706. The molecule has 22 heavy (non-hydrogen) atoms. The summed E-state index contributed by atoms with van der Waals surface area (Å²) in [4.78, 5) is 6.90. The Morgan fingerprint density at radius 2 is 2.00 bits per heavy atom. The molecule has 0 bridgehead atoms. The second-order valence-corrected chi connectivity index (χ2v) is 7.18. The normalized spacial score (nSPS) is 19.1. The minimum absolute atomic E-state index is 0.506. The standard InChI is InChI=1S/C17H30N4S/c1-14(12-21-7-4-5-8-21)10-19-17(18-3)20-11-15(2)16-6-9-22-13-16/h6,9,13-15H,4-5,7-8,10-12H2,1-3H3,(H2,18,19,20). The molecule has 0 aliphatic carbocycles. The molecule has 1 fully saturated rings. The number of aliphatic imine (C=N–C) groups is 1. The third-order valence-corrected chi connectivity index (χ3v) is 5.00. The molecule has 2 N–H and O–H groups in total.